The minimum Gasteiger partial charge on any atom is -0.480 e. The van der Waals surface area contributed by atoms with E-state index in [1.165, 1.54) is 20.0 Å². The van der Waals surface area contributed by atoms with Crippen LogP contribution in [-0.2, 0) is 9.53 Å². The molecular formula is C13H25N3O4. The van der Waals surface area contributed by atoms with Crippen LogP contribution < -0.4 is 10.6 Å². The van der Waals surface area contributed by atoms with E-state index in [9.17, 15) is 9.59 Å². The highest BCUT2D eigenvalue weighted by molar-refractivity contribution is 5.82. The van der Waals surface area contributed by atoms with Gasteiger partial charge in [0.15, 0.2) is 0 Å². The number of carbonyl (C=O) groups is 2. The summed E-state index contributed by atoms with van der Waals surface area (Å²) in [6.07, 6.45) is 3.65. The first-order valence-electron chi connectivity index (χ1n) is 7.12. The second-order valence-electron chi connectivity index (χ2n) is 4.97. The third kappa shape index (κ3) is 6.72. The number of urea groups is 1. The average Bonchev–Trinajstić information content (AvgIpc) is 2.92. The molecule has 1 saturated heterocycles. The van der Waals surface area contributed by atoms with Crippen LogP contribution in [0.25, 0.3) is 0 Å². The van der Waals surface area contributed by atoms with Crippen molar-refractivity contribution in [3.63, 3.8) is 0 Å². The monoisotopic (exact) mass is 287 g/mol. The zero-order valence-electron chi connectivity index (χ0n) is 12.1. The quantitative estimate of drug-likeness (QED) is 0.529. The topological polar surface area (TPSA) is 90.9 Å². The summed E-state index contributed by atoms with van der Waals surface area (Å²) in [5.74, 6) is -1.05. The van der Waals surface area contributed by atoms with Gasteiger partial charge in [-0.2, -0.15) is 0 Å². The van der Waals surface area contributed by atoms with Gasteiger partial charge in [-0.1, -0.05) is 0 Å². The first-order valence-corrected chi connectivity index (χ1v) is 7.12. The zero-order chi connectivity index (χ0) is 14.8. The standard InChI is InChI=1S/C13H25N3O4/c1-20-10-5-11(12(17)18)15-13(19)14-6-4-9-16-7-2-3-8-16/h11H,2-10H2,1H3,(H,17,18)(H2,14,15,19). The number of nitrogens with one attached hydrogen (secondary N) is 2. The van der Waals surface area contributed by atoms with E-state index in [1.54, 1.807) is 0 Å². The number of carboxylic acids is 1. The van der Waals surface area contributed by atoms with Crippen LogP contribution in [0.5, 0.6) is 0 Å². The van der Waals surface area contributed by atoms with Crippen LogP contribution in [-0.4, -0.2) is 67.9 Å². The Kier molecular flexibility index (Phi) is 7.98. The van der Waals surface area contributed by atoms with Gasteiger partial charge >= 0.3 is 12.0 Å². The summed E-state index contributed by atoms with van der Waals surface area (Å²) in [6, 6.07) is -1.34. The van der Waals surface area contributed by atoms with Crippen molar-refractivity contribution in [2.75, 3.05) is 39.9 Å². The molecule has 1 unspecified atom stereocenters. The first kappa shape index (κ1) is 16.7. The van der Waals surface area contributed by atoms with E-state index in [-0.39, 0.29) is 6.42 Å². The van der Waals surface area contributed by atoms with Crippen LogP contribution >= 0.6 is 0 Å². The van der Waals surface area contributed by atoms with E-state index in [1.807, 2.05) is 0 Å². The summed E-state index contributed by atoms with van der Waals surface area (Å²) in [7, 11) is 1.50. The SMILES string of the molecule is COCCC(NC(=O)NCCCN1CCCC1)C(=O)O. The van der Waals surface area contributed by atoms with Gasteiger partial charge in [0.25, 0.3) is 0 Å². The number of aliphatic carboxylic acids is 1. The lowest BCUT2D eigenvalue weighted by Crippen LogP contribution is -2.46. The molecule has 116 valence electrons. The molecule has 2 amide bonds. The van der Waals surface area contributed by atoms with Crippen molar-refractivity contribution in [2.24, 2.45) is 0 Å². The lowest BCUT2D eigenvalue weighted by Gasteiger charge is -2.16. The van der Waals surface area contributed by atoms with Gasteiger partial charge in [0.1, 0.15) is 6.04 Å². The van der Waals surface area contributed by atoms with Crippen LogP contribution in [0.3, 0.4) is 0 Å². The van der Waals surface area contributed by atoms with Gasteiger partial charge < -0.3 is 25.4 Å². The molecule has 20 heavy (non-hydrogen) atoms. The lowest BCUT2D eigenvalue weighted by atomic mass is 10.2. The Balaban J connectivity index is 2.12. The highest BCUT2D eigenvalue weighted by Crippen LogP contribution is 2.06. The molecule has 0 saturated carbocycles. The highest BCUT2D eigenvalue weighted by Gasteiger charge is 2.19. The van der Waals surface area contributed by atoms with Crippen molar-refractivity contribution in [2.45, 2.75) is 31.7 Å². The Morgan fingerprint density at radius 2 is 2.05 bits per heavy atom. The van der Waals surface area contributed by atoms with Gasteiger partial charge in [0.2, 0.25) is 0 Å². The number of carbonyl (C=O) groups excluding carboxylic acids is 1. The molecule has 0 spiro atoms. The van der Waals surface area contributed by atoms with Gasteiger partial charge in [-0.3, -0.25) is 0 Å². The van der Waals surface area contributed by atoms with Crippen LogP contribution in [0.1, 0.15) is 25.7 Å². The molecule has 0 aromatic rings. The predicted octanol–water partition coefficient (Wildman–Crippen LogP) is 0.261. The molecule has 0 aromatic heterocycles. The van der Waals surface area contributed by atoms with Crippen molar-refractivity contribution in [1.29, 1.82) is 0 Å². The second-order valence-corrected chi connectivity index (χ2v) is 4.97. The Morgan fingerprint density at radius 1 is 1.35 bits per heavy atom. The average molecular weight is 287 g/mol. The molecule has 0 aromatic carbocycles. The van der Waals surface area contributed by atoms with Gasteiger partial charge in [-0.15, -0.1) is 0 Å². The molecule has 1 heterocycles. The van der Waals surface area contributed by atoms with Crippen LogP contribution in [0.2, 0.25) is 0 Å². The summed E-state index contributed by atoms with van der Waals surface area (Å²) < 4.78 is 4.82. The fourth-order valence-corrected chi connectivity index (χ4v) is 2.21. The maximum atomic E-state index is 11.6. The largest absolute Gasteiger partial charge is 0.480 e. The summed E-state index contributed by atoms with van der Waals surface area (Å²) in [4.78, 5) is 24.9. The fraction of sp³-hybridized carbons (Fsp3) is 0.846. The Labute approximate surface area is 119 Å². The van der Waals surface area contributed by atoms with Gasteiger partial charge in [-0.05, 0) is 38.9 Å². The number of likely N-dealkylation sites (tertiary alicyclic amines) is 1. The molecule has 1 rings (SSSR count). The summed E-state index contributed by atoms with van der Waals surface area (Å²) in [5, 5.41) is 14.1. The van der Waals surface area contributed by atoms with Crippen molar-refractivity contribution < 1.29 is 19.4 Å². The fourth-order valence-electron chi connectivity index (χ4n) is 2.21. The van der Waals surface area contributed by atoms with E-state index < -0.39 is 18.0 Å². The smallest absolute Gasteiger partial charge is 0.326 e. The molecule has 7 heteroatoms. The van der Waals surface area contributed by atoms with Crippen LogP contribution in [0.15, 0.2) is 0 Å². The number of methoxy groups -OCH3 is 1. The second kappa shape index (κ2) is 9.55. The molecular weight excluding hydrogens is 262 g/mol. The Morgan fingerprint density at radius 3 is 2.65 bits per heavy atom. The summed E-state index contributed by atoms with van der Waals surface area (Å²) in [6.45, 7) is 4.12. The normalized spacial score (nSPS) is 16.9. The number of amides is 2. The molecule has 0 aliphatic carbocycles. The van der Waals surface area contributed by atoms with Crippen LogP contribution in [0.4, 0.5) is 4.79 Å². The Hall–Kier alpha value is -1.34. The van der Waals surface area contributed by atoms with E-state index in [2.05, 4.69) is 15.5 Å². The molecule has 1 aliphatic rings. The highest BCUT2D eigenvalue weighted by atomic mass is 16.5. The molecule has 1 aliphatic heterocycles. The van der Waals surface area contributed by atoms with Crippen molar-refractivity contribution >= 4 is 12.0 Å². The van der Waals surface area contributed by atoms with E-state index in [0.29, 0.717) is 13.2 Å². The Bertz CT molecular complexity index is 306. The molecule has 7 nitrogen and oxygen atoms in total. The van der Waals surface area contributed by atoms with Crippen LogP contribution in [0, 0.1) is 0 Å². The maximum Gasteiger partial charge on any atom is 0.326 e. The van der Waals surface area contributed by atoms with Crippen molar-refractivity contribution in [1.82, 2.24) is 15.5 Å². The third-order valence-electron chi connectivity index (χ3n) is 3.35. The number of carboxylic acid groups (broad SMARTS) is 1. The maximum absolute atomic E-state index is 11.6. The number of rotatable bonds is 9. The molecule has 1 atom stereocenters. The number of ether oxygens (including phenoxy) is 1. The van der Waals surface area contributed by atoms with Gasteiger partial charge in [0.05, 0.1) is 0 Å². The van der Waals surface area contributed by atoms with E-state index >= 15 is 0 Å². The molecule has 0 bridgehead atoms. The summed E-state index contributed by atoms with van der Waals surface area (Å²) in [5.41, 5.74) is 0. The molecule has 1 fully saturated rings. The minimum atomic E-state index is -1.05. The van der Waals surface area contributed by atoms with E-state index in [4.69, 9.17) is 9.84 Å². The number of hydrogen-bond donors (Lipinski definition) is 3. The summed E-state index contributed by atoms with van der Waals surface area (Å²) >= 11 is 0. The zero-order valence-corrected chi connectivity index (χ0v) is 12.1. The lowest BCUT2D eigenvalue weighted by molar-refractivity contribution is -0.139. The van der Waals surface area contributed by atoms with Crippen molar-refractivity contribution in [3.05, 3.63) is 0 Å². The predicted molar refractivity (Wildman–Crippen MR) is 74.7 cm³/mol. The van der Waals surface area contributed by atoms with Gasteiger partial charge in [-0.25, -0.2) is 9.59 Å². The molecule has 0 radical (unpaired) electrons. The van der Waals surface area contributed by atoms with E-state index in [0.717, 1.165) is 26.1 Å². The molecule has 3 N–H and O–H groups in total. The number of hydrogen-bond acceptors (Lipinski definition) is 4. The first-order chi connectivity index (χ1) is 9.63. The van der Waals surface area contributed by atoms with Gasteiger partial charge in [0, 0.05) is 26.7 Å². The third-order valence-corrected chi connectivity index (χ3v) is 3.35. The number of nitrogens with zero attached hydrogens (tertiary/aromatic N) is 1. The minimum absolute atomic E-state index is 0.257. The van der Waals surface area contributed by atoms with Crippen molar-refractivity contribution in [3.8, 4) is 0 Å².